The standard InChI is InChI=1S/C18H21N7O/c1-26-13-14-6-4-10-24(14)17-12-16(21-15-7-2-3-8-19-15)22-18(23-17)25-11-5-9-20-25/h2-3,5,7-9,11-12,14H,4,6,10,13H2,1H3,(H,19,21,22,23)/t14-/m1/s1. The Bertz CT molecular complexity index is 838. The molecule has 1 aliphatic heterocycles. The van der Waals surface area contributed by atoms with Gasteiger partial charge < -0.3 is 15.0 Å². The van der Waals surface area contributed by atoms with E-state index in [1.54, 1.807) is 24.2 Å². The molecular weight excluding hydrogens is 330 g/mol. The fraction of sp³-hybridized carbons (Fsp3) is 0.333. The van der Waals surface area contributed by atoms with E-state index in [0.29, 0.717) is 24.4 Å². The summed E-state index contributed by atoms with van der Waals surface area (Å²) in [5.74, 6) is 2.80. The Morgan fingerprint density at radius 2 is 2.15 bits per heavy atom. The number of ether oxygens (including phenoxy) is 1. The highest BCUT2D eigenvalue weighted by atomic mass is 16.5. The van der Waals surface area contributed by atoms with Gasteiger partial charge in [0.15, 0.2) is 0 Å². The van der Waals surface area contributed by atoms with Crippen LogP contribution in [-0.2, 0) is 4.74 Å². The van der Waals surface area contributed by atoms with Gasteiger partial charge in [-0.15, -0.1) is 0 Å². The third kappa shape index (κ3) is 3.50. The number of pyridine rings is 1. The molecule has 1 aliphatic rings. The van der Waals surface area contributed by atoms with E-state index in [9.17, 15) is 0 Å². The Morgan fingerprint density at radius 1 is 1.19 bits per heavy atom. The van der Waals surface area contributed by atoms with E-state index in [4.69, 9.17) is 9.72 Å². The molecule has 0 radical (unpaired) electrons. The van der Waals surface area contributed by atoms with Crippen molar-refractivity contribution in [2.24, 2.45) is 0 Å². The number of hydrogen-bond donors (Lipinski definition) is 1. The third-order valence-corrected chi connectivity index (χ3v) is 4.36. The average molecular weight is 351 g/mol. The van der Waals surface area contributed by atoms with Gasteiger partial charge in [0.1, 0.15) is 17.5 Å². The number of anilines is 3. The first-order valence-electron chi connectivity index (χ1n) is 8.66. The van der Waals surface area contributed by atoms with E-state index in [1.807, 2.05) is 36.5 Å². The second-order valence-corrected chi connectivity index (χ2v) is 6.15. The van der Waals surface area contributed by atoms with Crippen LogP contribution >= 0.6 is 0 Å². The zero-order chi connectivity index (χ0) is 17.8. The zero-order valence-electron chi connectivity index (χ0n) is 14.6. The van der Waals surface area contributed by atoms with Crippen molar-refractivity contribution in [2.75, 3.05) is 30.5 Å². The Morgan fingerprint density at radius 3 is 2.92 bits per heavy atom. The lowest BCUT2D eigenvalue weighted by Gasteiger charge is -2.25. The van der Waals surface area contributed by atoms with Gasteiger partial charge in [-0.05, 0) is 31.0 Å². The van der Waals surface area contributed by atoms with Gasteiger partial charge in [-0.2, -0.15) is 15.1 Å². The molecule has 8 nitrogen and oxygen atoms in total. The van der Waals surface area contributed by atoms with Crippen molar-refractivity contribution in [2.45, 2.75) is 18.9 Å². The summed E-state index contributed by atoms with van der Waals surface area (Å²) >= 11 is 0. The topological polar surface area (TPSA) is 81.0 Å². The molecule has 0 amide bonds. The van der Waals surface area contributed by atoms with Crippen LogP contribution in [0.25, 0.3) is 5.95 Å². The first-order chi connectivity index (χ1) is 12.8. The molecule has 4 rings (SSSR count). The van der Waals surface area contributed by atoms with Gasteiger partial charge in [0.25, 0.3) is 5.95 Å². The van der Waals surface area contributed by atoms with E-state index in [-0.39, 0.29) is 0 Å². The van der Waals surface area contributed by atoms with Gasteiger partial charge in [0.05, 0.1) is 12.6 Å². The Kier molecular flexibility index (Phi) is 4.74. The fourth-order valence-electron chi connectivity index (χ4n) is 3.19. The van der Waals surface area contributed by atoms with E-state index >= 15 is 0 Å². The second kappa shape index (κ2) is 7.49. The lowest BCUT2D eigenvalue weighted by atomic mass is 10.2. The molecule has 1 fully saturated rings. The van der Waals surface area contributed by atoms with Crippen LogP contribution in [0.4, 0.5) is 17.5 Å². The van der Waals surface area contributed by atoms with Crippen LogP contribution in [0.2, 0.25) is 0 Å². The minimum absolute atomic E-state index is 0.322. The molecule has 0 spiro atoms. The first kappa shape index (κ1) is 16.5. The zero-order valence-corrected chi connectivity index (χ0v) is 14.6. The maximum Gasteiger partial charge on any atom is 0.254 e. The maximum absolute atomic E-state index is 5.38. The molecule has 1 atom stereocenters. The molecule has 8 heteroatoms. The van der Waals surface area contributed by atoms with Crippen molar-refractivity contribution in [1.29, 1.82) is 0 Å². The van der Waals surface area contributed by atoms with Gasteiger partial charge in [-0.1, -0.05) is 6.07 Å². The SMILES string of the molecule is COC[C@H]1CCCN1c1cc(Nc2ccccn2)nc(-n2cccn2)n1. The average Bonchev–Trinajstić information content (AvgIpc) is 3.35. The van der Waals surface area contributed by atoms with E-state index < -0.39 is 0 Å². The molecule has 134 valence electrons. The number of nitrogens with one attached hydrogen (secondary N) is 1. The fourth-order valence-corrected chi connectivity index (χ4v) is 3.19. The van der Waals surface area contributed by atoms with Crippen molar-refractivity contribution in [3.05, 3.63) is 48.9 Å². The molecule has 3 aromatic rings. The van der Waals surface area contributed by atoms with Gasteiger partial charge in [0, 0.05) is 38.3 Å². The second-order valence-electron chi connectivity index (χ2n) is 6.15. The van der Waals surface area contributed by atoms with Gasteiger partial charge in [0.2, 0.25) is 0 Å². The van der Waals surface area contributed by atoms with Crippen molar-refractivity contribution in [1.82, 2.24) is 24.7 Å². The molecule has 0 aliphatic carbocycles. The van der Waals surface area contributed by atoms with Gasteiger partial charge >= 0.3 is 0 Å². The molecule has 3 aromatic heterocycles. The Labute approximate surface area is 151 Å². The number of aromatic nitrogens is 5. The first-order valence-corrected chi connectivity index (χ1v) is 8.66. The predicted octanol–water partition coefficient (Wildman–Crippen LogP) is 2.42. The van der Waals surface area contributed by atoms with Crippen molar-refractivity contribution >= 4 is 17.5 Å². The summed E-state index contributed by atoms with van der Waals surface area (Å²) in [6, 6.07) is 9.84. The van der Waals surface area contributed by atoms with Crippen LogP contribution in [0.1, 0.15) is 12.8 Å². The molecule has 1 saturated heterocycles. The van der Waals surface area contributed by atoms with Crippen LogP contribution in [0, 0.1) is 0 Å². The number of nitrogens with zero attached hydrogens (tertiary/aromatic N) is 6. The smallest absolute Gasteiger partial charge is 0.254 e. The molecule has 0 bridgehead atoms. The largest absolute Gasteiger partial charge is 0.383 e. The molecule has 26 heavy (non-hydrogen) atoms. The van der Waals surface area contributed by atoms with Crippen LogP contribution in [0.5, 0.6) is 0 Å². The lowest BCUT2D eigenvalue weighted by Crippen LogP contribution is -2.33. The normalized spacial score (nSPS) is 16.8. The maximum atomic E-state index is 5.38. The molecular formula is C18H21N7O. The minimum atomic E-state index is 0.322. The molecule has 4 heterocycles. The van der Waals surface area contributed by atoms with E-state index in [2.05, 4.69) is 25.3 Å². The highest BCUT2D eigenvalue weighted by Gasteiger charge is 2.26. The summed E-state index contributed by atoms with van der Waals surface area (Å²) in [5, 5.41) is 7.52. The Balaban J connectivity index is 1.71. The summed E-state index contributed by atoms with van der Waals surface area (Å²) in [5.41, 5.74) is 0. The molecule has 1 N–H and O–H groups in total. The molecule has 0 aromatic carbocycles. The minimum Gasteiger partial charge on any atom is -0.383 e. The summed E-state index contributed by atoms with van der Waals surface area (Å²) in [7, 11) is 1.74. The number of rotatable bonds is 6. The highest BCUT2D eigenvalue weighted by Crippen LogP contribution is 2.27. The lowest BCUT2D eigenvalue weighted by molar-refractivity contribution is 0.180. The summed E-state index contributed by atoms with van der Waals surface area (Å²) < 4.78 is 7.04. The van der Waals surface area contributed by atoms with Crippen LogP contribution in [-0.4, -0.2) is 51.0 Å². The quantitative estimate of drug-likeness (QED) is 0.730. The summed E-state index contributed by atoms with van der Waals surface area (Å²) in [4.78, 5) is 15.9. The summed E-state index contributed by atoms with van der Waals surface area (Å²) in [6.07, 6.45) is 7.51. The van der Waals surface area contributed by atoms with Crippen LogP contribution in [0.3, 0.4) is 0 Å². The number of methoxy groups -OCH3 is 1. The molecule has 0 unspecified atom stereocenters. The monoisotopic (exact) mass is 351 g/mol. The van der Waals surface area contributed by atoms with E-state index in [0.717, 1.165) is 31.0 Å². The summed E-state index contributed by atoms with van der Waals surface area (Å²) in [6.45, 7) is 1.64. The number of hydrogen-bond acceptors (Lipinski definition) is 7. The van der Waals surface area contributed by atoms with Crippen molar-refractivity contribution in [3.63, 3.8) is 0 Å². The van der Waals surface area contributed by atoms with E-state index in [1.165, 1.54) is 0 Å². The van der Waals surface area contributed by atoms with Crippen molar-refractivity contribution in [3.8, 4) is 5.95 Å². The van der Waals surface area contributed by atoms with Gasteiger partial charge in [-0.3, -0.25) is 0 Å². The third-order valence-electron chi connectivity index (χ3n) is 4.36. The van der Waals surface area contributed by atoms with Crippen LogP contribution < -0.4 is 10.2 Å². The predicted molar refractivity (Wildman–Crippen MR) is 98.9 cm³/mol. The molecule has 0 saturated carbocycles. The highest BCUT2D eigenvalue weighted by molar-refractivity contribution is 5.58. The van der Waals surface area contributed by atoms with Crippen LogP contribution in [0.15, 0.2) is 48.9 Å². The Hall–Kier alpha value is -3.00. The van der Waals surface area contributed by atoms with Crippen molar-refractivity contribution < 1.29 is 4.74 Å². The van der Waals surface area contributed by atoms with Gasteiger partial charge in [-0.25, -0.2) is 9.67 Å².